The van der Waals surface area contributed by atoms with Crippen LogP contribution in [-0.4, -0.2) is 29.7 Å². The summed E-state index contributed by atoms with van der Waals surface area (Å²) in [7, 11) is 0. The van der Waals surface area contributed by atoms with Gasteiger partial charge in [0.25, 0.3) is 5.95 Å². The van der Waals surface area contributed by atoms with Gasteiger partial charge in [-0.15, -0.1) is 0 Å². The zero-order valence-electron chi connectivity index (χ0n) is 10.3. The number of nitrogens with two attached hydrogens (primary N) is 1. The summed E-state index contributed by atoms with van der Waals surface area (Å²) in [5.74, 6) is -1.76. The second-order valence-corrected chi connectivity index (χ2v) is 3.82. The standard InChI is InChI=1S/C11H7F2N7O/c12-6-1-7(13)3-8(2-6)21-11-18-9(14)17-10(19-11)20-5-15-4-16-20/h1-5H,(H2,14,17,18,19). The average Bonchev–Trinajstić information content (AvgIpc) is 2.90. The highest BCUT2D eigenvalue weighted by molar-refractivity contribution is 5.29. The van der Waals surface area contributed by atoms with Gasteiger partial charge in [-0.1, -0.05) is 0 Å². The Labute approximate surface area is 116 Å². The molecule has 0 fully saturated rings. The Bertz CT molecular complexity index is 758. The normalized spacial score (nSPS) is 10.6. The summed E-state index contributed by atoms with van der Waals surface area (Å²) in [6.45, 7) is 0. The number of aromatic nitrogens is 6. The minimum absolute atomic E-state index is 0.0619. The molecule has 0 unspecified atom stereocenters. The summed E-state index contributed by atoms with van der Waals surface area (Å²) in [5.41, 5.74) is 5.53. The lowest BCUT2D eigenvalue weighted by Gasteiger charge is -2.06. The zero-order valence-corrected chi connectivity index (χ0v) is 10.3. The van der Waals surface area contributed by atoms with Gasteiger partial charge >= 0.3 is 6.01 Å². The Morgan fingerprint density at radius 1 is 1.05 bits per heavy atom. The number of hydrogen-bond acceptors (Lipinski definition) is 7. The molecule has 1 aromatic carbocycles. The molecule has 2 N–H and O–H groups in total. The Hall–Kier alpha value is -3.17. The Kier molecular flexibility index (Phi) is 3.10. The van der Waals surface area contributed by atoms with Gasteiger partial charge in [0.1, 0.15) is 30.0 Å². The van der Waals surface area contributed by atoms with Crippen molar-refractivity contribution in [3.8, 4) is 17.7 Å². The SMILES string of the molecule is Nc1nc(Oc2cc(F)cc(F)c2)nc(-n2cncn2)n1. The Morgan fingerprint density at radius 2 is 1.81 bits per heavy atom. The lowest BCUT2D eigenvalue weighted by molar-refractivity contribution is 0.429. The molecule has 0 aliphatic heterocycles. The van der Waals surface area contributed by atoms with Crippen LogP contribution in [0.4, 0.5) is 14.7 Å². The molecule has 8 nitrogen and oxygen atoms in total. The van der Waals surface area contributed by atoms with Gasteiger partial charge in [-0.25, -0.2) is 13.8 Å². The van der Waals surface area contributed by atoms with Crippen molar-refractivity contribution in [2.24, 2.45) is 0 Å². The van der Waals surface area contributed by atoms with Crippen LogP contribution in [0, 0.1) is 11.6 Å². The number of rotatable bonds is 3. The second kappa shape index (κ2) is 5.07. The molecule has 0 bridgehead atoms. The number of nitrogens with zero attached hydrogens (tertiary/aromatic N) is 6. The molecule has 21 heavy (non-hydrogen) atoms. The van der Waals surface area contributed by atoms with E-state index in [0.29, 0.717) is 0 Å². The zero-order chi connectivity index (χ0) is 14.8. The van der Waals surface area contributed by atoms with E-state index in [1.807, 2.05) is 0 Å². The predicted molar refractivity (Wildman–Crippen MR) is 65.6 cm³/mol. The molecule has 3 rings (SSSR count). The summed E-state index contributed by atoms with van der Waals surface area (Å²) in [4.78, 5) is 15.2. The average molecular weight is 291 g/mol. The van der Waals surface area contributed by atoms with Gasteiger partial charge in [-0.05, 0) is 0 Å². The van der Waals surface area contributed by atoms with E-state index in [2.05, 4.69) is 25.0 Å². The maximum atomic E-state index is 13.1. The van der Waals surface area contributed by atoms with Crippen LogP contribution in [0.25, 0.3) is 5.95 Å². The molecule has 2 aromatic heterocycles. The highest BCUT2D eigenvalue weighted by Crippen LogP contribution is 2.21. The molecule has 10 heteroatoms. The van der Waals surface area contributed by atoms with E-state index in [9.17, 15) is 8.78 Å². The van der Waals surface area contributed by atoms with E-state index >= 15 is 0 Å². The van der Waals surface area contributed by atoms with Crippen LogP contribution in [0.3, 0.4) is 0 Å². The third-order valence-corrected chi connectivity index (χ3v) is 2.29. The van der Waals surface area contributed by atoms with E-state index in [1.165, 1.54) is 17.3 Å². The number of nitrogen functional groups attached to an aromatic ring is 1. The van der Waals surface area contributed by atoms with Crippen LogP contribution in [0.5, 0.6) is 11.8 Å². The van der Waals surface area contributed by atoms with E-state index < -0.39 is 11.6 Å². The van der Waals surface area contributed by atoms with Crippen LogP contribution in [0.15, 0.2) is 30.9 Å². The summed E-state index contributed by atoms with van der Waals surface area (Å²) in [6, 6.07) is 2.46. The molecule has 0 saturated heterocycles. The number of benzene rings is 1. The van der Waals surface area contributed by atoms with Crippen molar-refractivity contribution in [1.82, 2.24) is 29.7 Å². The predicted octanol–water partition coefficient (Wildman–Crippen LogP) is 1.10. The van der Waals surface area contributed by atoms with Crippen molar-refractivity contribution in [1.29, 1.82) is 0 Å². The number of anilines is 1. The minimum Gasteiger partial charge on any atom is -0.424 e. The molecule has 0 radical (unpaired) electrons. The number of halogens is 2. The molecule has 0 spiro atoms. The highest BCUT2D eigenvalue weighted by Gasteiger charge is 2.10. The summed E-state index contributed by atoms with van der Waals surface area (Å²) < 4.78 is 32.6. The first-order valence-corrected chi connectivity index (χ1v) is 5.60. The third-order valence-electron chi connectivity index (χ3n) is 2.29. The molecule has 3 aromatic rings. The van der Waals surface area contributed by atoms with Crippen molar-refractivity contribution >= 4 is 5.95 Å². The van der Waals surface area contributed by atoms with E-state index in [4.69, 9.17) is 10.5 Å². The topological polar surface area (TPSA) is 105 Å². The monoisotopic (exact) mass is 291 g/mol. The van der Waals surface area contributed by atoms with Gasteiger partial charge < -0.3 is 10.5 Å². The minimum atomic E-state index is -0.788. The Balaban J connectivity index is 1.95. The van der Waals surface area contributed by atoms with E-state index in [1.54, 1.807) is 0 Å². The first-order valence-electron chi connectivity index (χ1n) is 5.60. The van der Waals surface area contributed by atoms with Crippen LogP contribution >= 0.6 is 0 Å². The van der Waals surface area contributed by atoms with Gasteiger partial charge in [-0.3, -0.25) is 0 Å². The van der Waals surface area contributed by atoms with Crippen LogP contribution in [0.2, 0.25) is 0 Å². The lowest BCUT2D eigenvalue weighted by atomic mass is 10.3. The van der Waals surface area contributed by atoms with Crippen LogP contribution < -0.4 is 10.5 Å². The summed E-state index contributed by atoms with van der Waals surface area (Å²) in [6.07, 6.45) is 2.63. The highest BCUT2D eigenvalue weighted by atomic mass is 19.1. The lowest BCUT2D eigenvalue weighted by Crippen LogP contribution is -2.08. The Morgan fingerprint density at radius 3 is 2.48 bits per heavy atom. The molecule has 0 atom stereocenters. The van der Waals surface area contributed by atoms with Gasteiger partial charge in [0.05, 0.1) is 0 Å². The number of ether oxygens (including phenoxy) is 1. The molecule has 0 aliphatic carbocycles. The maximum Gasteiger partial charge on any atom is 0.328 e. The smallest absolute Gasteiger partial charge is 0.328 e. The molecule has 0 aliphatic rings. The van der Waals surface area contributed by atoms with Crippen molar-refractivity contribution in [3.05, 3.63) is 42.5 Å². The molecular weight excluding hydrogens is 284 g/mol. The largest absolute Gasteiger partial charge is 0.424 e. The van der Waals surface area contributed by atoms with Gasteiger partial charge in [-0.2, -0.15) is 24.7 Å². The van der Waals surface area contributed by atoms with Crippen molar-refractivity contribution in [2.45, 2.75) is 0 Å². The second-order valence-electron chi connectivity index (χ2n) is 3.82. The van der Waals surface area contributed by atoms with Crippen molar-refractivity contribution < 1.29 is 13.5 Å². The molecule has 0 saturated carbocycles. The molecule has 2 heterocycles. The van der Waals surface area contributed by atoms with E-state index in [0.717, 1.165) is 18.2 Å². The summed E-state index contributed by atoms with van der Waals surface area (Å²) >= 11 is 0. The molecule has 106 valence electrons. The van der Waals surface area contributed by atoms with Crippen LogP contribution in [0.1, 0.15) is 0 Å². The van der Waals surface area contributed by atoms with Crippen molar-refractivity contribution in [2.75, 3.05) is 5.73 Å². The molecular formula is C11H7F2N7O. The van der Waals surface area contributed by atoms with Gasteiger partial charge in [0.2, 0.25) is 5.95 Å². The van der Waals surface area contributed by atoms with Crippen LogP contribution in [-0.2, 0) is 0 Å². The van der Waals surface area contributed by atoms with Gasteiger partial charge in [0.15, 0.2) is 0 Å². The molecule has 0 amide bonds. The van der Waals surface area contributed by atoms with Crippen molar-refractivity contribution in [3.63, 3.8) is 0 Å². The fraction of sp³-hybridized carbons (Fsp3) is 0. The fourth-order valence-electron chi connectivity index (χ4n) is 1.51. The maximum absolute atomic E-state index is 13.1. The summed E-state index contributed by atoms with van der Waals surface area (Å²) in [5, 5.41) is 3.83. The fourth-order valence-corrected chi connectivity index (χ4v) is 1.51. The quantitative estimate of drug-likeness (QED) is 0.770. The number of hydrogen-bond donors (Lipinski definition) is 1. The first kappa shape index (κ1) is 12.8. The van der Waals surface area contributed by atoms with Gasteiger partial charge in [0, 0.05) is 18.2 Å². The first-order chi connectivity index (χ1) is 10.1. The van der Waals surface area contributed by atoms with E-state index in [-0.39, 0.29) is 23.7 Å². The third kappa shape index (κ3) is 2.88.